The number of phenolic OH excluding ortho intramolecular Hbond substituents is 1. The van der Waals surface area contributed by atoms with E-state index in [2.05, 4.69) is 5.32 Å². The number of aromatic hydroxyl groups is 1. The highest BCUT2D eigenvalue weighted by Crippen LogP contribution is 2.30. The molecule has 1 aromatic carbocycles. The monoisotopic (exact) mass is 315 g/mol. The number of nitrogens with one attached hydrogen (secondary N) is 1. The van der Waals surface area contributed by atoms with E-state index in [4.69, 9.17) is 0 Å². The van der Waals surface area contributed by atoms with Crippen LogP contribution in [0.5, 0.6) is 5.75 Å². The molecular weight excluding hydrogens is 298 g/mol. The molecule has 1 aromatic rings. The fourth-order valence-electron chi connectivity index (χ4n) is 2.34. The van der Waals surface area contributed by atoms with E-state index in [0.717, 1.165) is 25.2 Å². The Hall–Kier alpha value is -1.71. The van der Waals surface area contributed by atoms with Crippen LogP contribution in [0.15, 0.2) is 23.1 Å². The highest BCUT2D eigenvalue weighted by molar-refractivity contribution is 7.89. The molecule has 1 fully saturated rings. The number of sulfonamides is 1. The topological polar surface area (TPSA) is 113 Å². The Balaban J connectivity index is 2.34. The lowest BCUT2D eigenvalue weighted by Gasteiger charge is -2.30. The molecule has 1 aliphatic rings. The van der Waals surface area contributed by atoms with Crippen LogP contribution in [-0.2, 0) is 10.0 Å². The number of piperidine rings is 1. The first kappa shape index (κ1) is 15.7. The molecule has 2 rings (SSSR count). The number of hydrogen-bond donors (Lipinski definition) is 2. The van der Waals surface area contributed by atoms with Crippen molar-refractivity contribution >= 4 is 15.7 Å². The van der Waals surface area contributed by atoms with E-state index < -0.39 is 26.4 Å². The third-order valence-electron chi connectivity index (χ3n) is 3.64. The molecule has 0 radical (unpaired) electrons. The first-order chi connectivity index (χ1) is 9.84. The van der Waals surface area contributed by atoms with Crippen LogP contribution in [0.25, 0.3) is 0 Å². The lowest BCUT2D eigenvalue weighted by molar-refractivity contribution is -0.386. The van der Waals surface area contributed by atoms with Gasteiger partial charge in [0.15, 0.2) is 5.75 Å². The van der Waals surface area contributed by atoms with E-state index in [1.54, 1.807) is 0 Å². The standard InChI is InChI=1S/C12H17N3O5S/c1-14(9-4-6-13-7-5-9)21(19,20)10-2-3-12(16)11(8-10)15(17)18/h2-3,8-9,13,16H,4-7H2,1H3. The second-order valence-electron chi connectivity index (χ2n) is 4.91. The van der Waals surface area contributed by atoms with Crippen LogP contribution in [0.3, 0.4) is 0 Å². The first-order valence-corrected chi connectivity index (χ1v) is 7.94. The molecule has 0 bridgehead atoms. The number of phenols is 1. The van der Waals surface area contributed by atoms with Gasteiger partial charge in [0, 0.05) is 19.2 Å². The third kappa shape index (κ3) is 3.14. The maximum absolute atomic E-state index is 12.5. The zero-order valence-electron chi connectivity index (χ0n) is 11.5. The molecule has 8 nitrogen and oxygen atoms in total. The molecule has 1 saturated heterocycles. The Morgan fingerprint density at radius 3 is 2.57 bits per heavy atom. The van der Waals surface area contributed by atoms with Crippen LogP contribution < -0.4 is 5.32 Å². The Labute approximate surface area is 122 Å². The smallest absolute Gasteiger partial charge is 0.312 e. The number of rotatable bonds is 4. The summed E-state index contributed by atoms with van der Waals surface area (Å²) in [5.41, 5.74) is -0.616. The van der Waals surface area contributed by atoms with Crippen LogP contribution in [0.2, 0.25) is 0 Å². The highest BCUT2D eigenvalue weighted by atomic mass is 32.2. The van der Waals surface area contributed by atoms with Crippen molar-refractivity contribution in [2.45, 2.75) is 23.8 Å². The van der Waals surface area contributed by atoms with Gasteiger partial charge in [-0.3, -0.25) is 10.1 Å². The Morgan fingerprint density at radius 1 is 1.38 bits per heavy atom. The van der Waals surface area contributed by atoms with Crippen molar-refractivity contribution < 1.29 is 18.4 Å². The third-order valence-corrected chi connectivity index (χ3v) is 5.55. The first-order valence-electron chi connectivity index (χ1n) is 6.50. The van der Waals surface area contributed by atoms with Gasteiger partial charge in [0.05, 0.1) is 9.82 Å². The summed E-state index contributed by atoms with van der Waals surface area (Å²) in [5.74, 6) is -0.552. The minimum atomic E-state index is -3.82. The van der Waals surface area contributed by atoms with E-state index in [1.807, 2.05) is 0 Å². The number of nitrogens with zero attached hydrogens (tertiary/aromatic N) is 2. The average molecular weight is 315 g/mol. The van der Waals surface area contributed by atoms with Crippen molar-refractivity contribution in [1.29, 1.82) is 0 Å². The van der Waals surface area contributed by atoms with E-state index in [1.165, 1.54) is 17.4 Å². The molecule has 116 valence electrons. The van der Waals surface area contributed by atoms with Gasteiger partial charge in [-0.1, -0.05) is 0 Å². The maximum atomic E-state index is 12.5. The van der Waals surface area contributed by atoms with Crippen molar-refractivity contribution in [2.75, 3.05) is 20.1 Å². The molecule has 0 unspecified atom stereocenters. The second-order valence-corrected chi connectivity index (χ2v) is 6.91. The minimum Gasteiger partial charge on any atom is -0.502 e. The summed E-state index contributed by atoms with van der Waals surface area (Å²) in [6.07, 6.45) is 1.38. The lowest BCUT2D eigenvalue weighted by atomic mass is 10.1. The zero-order valence-corrected chi connectivity index (χ0v) is 12.3. The second kappa shape index (κ2) is 5.96. The highest BCUT2D eigenvalue weighted by Gasteiger charge is 2.30. The van der Waals surface area contributed by atoms with Crippen molar-refractivity contribution in [3.63, 3.8) is 0 Å². The van der Waals surface area contributed by atoms with Crippen molar-refractivity contribution in [2.24, 2.45) is 0 Å². The summed E-state index contributed by atoms with van der Waals surface area (Å²) in [6, 6.07) is 2.96. The molecule has 0 aliphatic carbocycles. The average Bonchev–Trinajstić information content (AvgIpc) is 2.47. The van der Waals surface area contributed by atoms with E-state index in [9.17, 15) is 23.6 Å². The summed E-state index contributed by atoms with van der Waals surface area (Å²) in [6.45, 7) is 1.47. The molecule has 0 atom stereocenters. The number of benzene rings is 1. The summed E-state index contributed by atoms with van der Waals surface area (Å²) in [4.78, 5) is 9.81. The van der Waals surface area contributed by atoms with Gasteiger partial charge in [0.2, 0.25) is 10.0 Å². The van der Waals surface area contributed by atoms with Crippen LogP contribution >= 0.6 is 0 Å². The molecule has 0 spiro atoms. The maximum Gasteiger partial charge on any atom is 0.312 e. The van der Waals surface area contributed by atoms with Gasteiger partial charge in [-0.15, -0.1) is 0 Å². The lowest BCUT2D eigenvalue weighted by Crippen LogP contribution is -2.43. The minimum absolute atomic E-state index is 0.135. The Kier molecular flexibility index (Phi) is 4.45. The normalized spacial score (nSPS) is 17.0. The van der Waals surface area contributed by atoms with E-state index in [-0.39, 0.29) is 10.9 Å². The number of hydrogen-bond acceptors (Lipinski definition) is 6. The molecular formula is C12H17N3O5S. The Bertz CT molecular complexity index is 640. The van der Waals surface area contributed by atoms with Gasteiger partial charge in [0.25, 0.3) is 0 Å². The molecule has 9 heteroatoms. The van der Waals surface area contributed by atoms with Gasteiger partial charge in [-0.25, -0.2) is 8.42 Å². The fraction of sp³-hybridized carbons (Fsp3) is 0.500. The van der Waals surface area contributed by atoms with E-state index in [0.29, 0.717) is 12.8 Å². The summed E-state index contributed by atoms with van der Waals surface area (Å²) in [5, 5.41) is 23.3. The fourth-order valence-corrected chi connectivity index (χ4v) is 3.78. The van der Waals surface area contributed by atoms with Crippen LogP contribution in [-0.4, -0.2) is 48.9 Å². The molecule has 2 N–H and O–H groups in total. The number of nitro groups is 1. The van der Waals surface area contributed by atoms with Crippen LogP contribution in [0, 0.1) is 10.1 Å². The van der Waals surface area contributed by atoms with Gasteiger partial charge < -0.3 is 10.4 Å². The summed E-state index contributed by atoms with van der Waals surface area (Å²) >= 11 is 0. The van der Waals surface area contributed by atoms with Gasteiger partial charge in [-0.2, -0.15) is 4.31 Å². The van der Waals surface area contributed by atoms with Crippen LogP contribution in [0.1, 0.15) is 12.8 Å². The van der Waals surface area contributed by atoms with Crippen LogP contribution in [0.4, 0.5) is 5.69 Å². The molecule has 0 saturated carbocycles. The summed E-state index contributed by atoms with van der Waals surface area (Å²) in [7, 11) is -2.35. The molecule has 21 heavy (non-hydrogen) atoms. The molecule has 0 aromatic heterocycles. The predicted octanol–water partition coefficient (Wildman–Crippen LogP) is 0.673. The SMILES string of the molecule is CN(C1CCNCC1)S(=O)(=O)c1ccc(O)c([N+](=O)[O-])c1. The largest absolute Gasteiger partial charge is 0.502 e. The van der Waals surface area contributed by atoms with Gasteiger partial charge in [-0.05, 0) is 38.1 Å². The molecule has 0 amide bonds. The predicted molar refractivity (Wildman–Crippen MR) is 75.6 cm³/mol. The van der Waals surface area contributed by atoms with Crippen molar-refractivity contribution in [1.82, 2.24) is 9.62 Å². The quantitative estimate of drug-likeness (QED) is 0.624. The zero-order chi connectivity index (χ0) is 15.6. The van der Waals surface area contributed by atoms with E-state index >= 15 is 0 Å². The van der Waals surface area contributed by atoms with Crippen molar-refractivity contribution in [3.8, 4) is 5.75 Å². The number of nitro benzene ring substituents is 1. The summed E-state index contributed by atoms with van der Waals surface area (Å²) < 4.78 is 26.3. The Morgan fingerprint density at radius 2 is 2.00 bits per heavy atom. The molecule has 1 heterocycles. The van der Waals surface area contributed by atoms with Crippen molar-refractivity contribution in [3.05, 3.63) is 28.3 Å². The van der Waals surface area contributed by atoms with Gasteiger partial charge in [0.1, 0.15) is 0 Å². The molecule has 1 aliphatic heterocycles. The van der Waals surface area contributed by atoms with Gasteiger partial charge >= 0.3 is 5.69 Å².